The Morgan fingerprint density at radius 3 is 3.00 bits per heavy atom. The number of benzene rings is 1. The summed E-state index contributed by atoms with van der Waals surface area (Å²) >= 11 is 3.58. The number of anilines is 1. The van der Waals surface area contributed by atoms with E-state index in [4.69, 9.17) is 0 Å². The number of fused-ring (bicyclic) bond motifs is 1. The van der Waals surface area contributed by atoms with E-state index in [9.17, 15) is 0 Å². The summed E-state index contributed by atoms with van der Waals surface area (Å²) < 4.78 is 1.10. The monoisotopic (exact) mass is 277 g/mol. The molecule has 4 heteroatoms. The van der Waals surface area contributed by atoms with Gasteiger partial charge >= 0.3 is 0 Å². The lowest BCUT2D eigenvalue weighted by Crippen LogP contribution is -2.10. The lowest BCUT2D eigenvalue weighted by Gasteiger charge is -2.13. The molecule has 3 nitrogen and oxygen atoms in total. The number of hydrogen-bond acceptors (Lipinski definition) is 2. The van der Waals surface area contributed by atoms with Gasteiger partial charge < -0.3 is 5.32 Å². The van der Waals surface area contributed by atoms with E-state index < -0.39 is 0 Å². The van der Waals surface area contributed by atoms with Crippen LogP contribution in [0.1, 0.15) is 12.0 Å². The molecular weight excluding hydrogens is 266 g/mol. The Morgan fingerprint density at radius 2 is 2.12 bits per heavy atom. The Balaban J connectivity index is 2.13. The third-order valence-electron chi connectivity index (χ3n) is 2.91. The highest BCUT2D eigenvalue weighted by Crippen LogP contribution is 2.33. The average Bonchev–Trinajstić information content (AvgIpc) is 2.74. The number of aromatic nitrogens is 2. The summed E-state index contributed by atoms with van der Waals surface area (Å²) in [5, 5.41) is 10.8. The largest absolute Gasteiger partial charge is 0.368 e. The number of H-pyrrole nitrogens is 1. The quantitative estimate of drug-likeness (QED) is 0.841. The molecule has 0 bridgehead atoms. The van der Waals surface area contributed by atoms with Crippen molar-refractivity contribution in [2.75, 3.05) is 11.9 Å². The molecule has 2 N–H and O–H groups in total. The maximum absolute atomic E-state index is 4.32. The summed E-state index contributed by atoms with van der Waals surface area (Å²) in [4.78, 5) is 0. The molecule has 0 fully saturated rings. The van der Waals surface area contributed by atoms with Gasteiger partial charge in [0.1, 0.15) is 0 Å². The first-order valence-electron chi connectivity index (χ1n) is 5.42. The molecule has 0 radical (unpaired) electrons. The minimum Gasteiger partial charge on any atom is -0.368 e. The van der Waals surface area contributed by atoms with Crippen molar-refractivity contribution in [3.05, 3.63) is 34.3 Å². The van der Waals surface area contributed by atoms with E-state index in [1.807, 2.05) is 12.1 Å². The molecule has 0 atom stereocenters. The van der Waals surface area contributed by atoms with E-state index in [1.165, 1.54) is 17.5 Å². The van der Waals surface area contributed by atoms with E-state index in [-0.39, 0.29) is 0 Å². The summed E-state index contributed by atoms with van der Waals surface area (Å²) in [6, 6.07) is 8.23. The zero-order valence-electron chi connectivity index (χ0n) is 8.76. The van der Waals surface area contributed by atoms with Gasteiger partial charge in [-0.3, -0.25) is 5.10 Å². The smallest absolute Gasteiger partial charge is 0.151 e. The molecule has 2 heterocycles. The van der Waals surface area contributed by atoms with Gasteiger partial charge in [0.15, 0.2) is 5.82 Å². The van der Waals surface area contributed by atoms with E-state index in [0.717, 1.165) is 29.0 Å². The van der Waals surface area contributed by atoms with Crippen molar-refractivity contribution < 1.29 is 0 Å². The highest BCUT2D eigenvalue weighted by molar-refractivity contribution is 9.10. The standard InChI is InChI=1S/C12H12BrN3/c13-10-6-2-1-4-8(10)11-9-5-3-7-14-12(9)16-15-11/h1-2,4,6H,3,5,7H2,(H2,14,15,16). The van der Waals surface area contributed by atoms with Gasteiger partial charge in [-0.05, 0) is 18.9 Å². The summed E-state index contributed by atoms with van der Waals surface area (Å²) in [6.45, 7) is 1.02. The van der Waals surface area contributed by atoms with Crippen LogP contribution in [0.3, 0.4) is 0 Å². The van der Waals surface area contributed by atoms with Crippen LogP contribution in [0.2, 0.25) is 0 Å². The number of hydrogen-bond donors (Lipinski definition) is 2. The van der Waals surface area contributed by atoms with Crippen LogP contribution in [0.25, 0.3) is 11.3 Å². The molecule has 0 spiro atoms. The summed E-state index contributed by atoms with van der Waals surface area (Å²) in [5.74, 6) is 1.01. The van der Waals surface area contributed by atoms with Crippen LogP contribution in [0.15, 0.2) is 28.7 Å². The Kier molecular flexibility index (Phi) is 2.44. The molecule has 1 aliphatic heterocycles. The lowest BCUT2D eigenvalue weighted by molar-refractivity contribution is 0.828. The first-order chi connectivity index (χ1) is 7.86. The molecule has 0 saturated carbocycles. The minimum absolute atomic E-state index is 1.01. The maximum atomic E-state index is 4.32. The molecule has 16 heavy (non-hydrogen) atoms. The van der Waals surface area contributed by atoms with Crippen LogP contribution in [-0.4, -0.2) is 16.7 Å². The lowest BCUT2D eigenvalue weighted by atomic mass is 10.0. The molecule has 0 amide bonds. The van der Waals surface area contributed by atoms with Gasteiger partial charge in [0.25, 0.3) is 0 Å². The third kappa shape index (κ3) is 1.53. The van der Waals surface area contributed by atoms with E-state index >= 15 is 0 Å². The predicted molar refractivity (Wildman–Crippen MR) is 68.5 cm³/mol. The fourth-order valence-corrected chi connectivity index (χ4v) is 2.60. The normalized spacial score (nSPS) is 14.3. The molecular formula is C12H12BrN3. The summed E-state index contributed by atoms with van der Waals surface area (Å²) in [7, 11) is 0. The van der Waals surface area contributed by atoms with E-state index in [0.29, 0.717) is 0 Å². The number of nitrogens with one attached hydrogen (secondary N) is 2. The molecule has 2 aromatic rings. The van der Waals surface area contributed by atoms with Gasteiger partial charge in [-0.2, -0.15) is 5.10 Å². The Bertz CT molecular complexity index is 519. The molecule has 0 unspecified atom stereocenters. The second kappa shape index (κ2) is 3.94. The minimum atomic E-state index is 1.01. The maximum Gasteiger partial charge on any atom is 0.151 e. The van der Waals surface area contributed by atoms with Gasteiger partial charge in [-0.1, -0.05) is 34.1 Å². The van der Waals surface area contributed by atoms with Crippen LogP contribution in [0, 0.1) is 0 Å². The number of rotatable bonds is 1. The van der Waals surface area contributed by atoms with Crippen molar-refractivity contribution in [2.45, 2.75) is 12.8 Å². The molecule has 0 aliphatic carbocycles. The second-order valence-electron chi connectivity index (χ2n) is 3.94. The highest BCUT2D eigenvalue weighted by atomic mass is 79.9. The Morgan fingerprint density at radius 1 is 1.25 bits per heavy atom. The van der Waals surface area contributed by atoms with Crippen LogP contribution < -0.4 is 5.32 Å². The Labute approximate surface area is 102 Å². The van der Waals surface area contributed by atoms with Crippen LogP contribution in [0.5, 0.6) is 0 Å². The SMILES string of the molecule is Brc1ccccc1-c1[nH]nc2c1CCCN2. The van der Waals surface area contributed by atoms with Crippen molar-refractivity contribution in [1.82, 2.24) is 10.2 Å². The van der Waals surface area contributed by atoms with Gasteiger partial charge in [0.2, 0.25) is 0 Å². The van der Waals surface area contributed by atoms with E-state index in [2.05, 4.69) is 43.6 Å². The van der Waals surface area contributed by atoms with Crippen molar-refractivity contribution in [2.24, 2.45) is 0 Å². The van der Waals surface area contributed by atoms with Gasteiger partial charge in [0, 0.05) is 22.1 Å². The summed E-state index contributed by atoms with van der Waals surface area (Å²) in [5.41, 5.74) is 3.62. The molecule has 1 aliphatic rings. The van der Waals surface area contributed by atoms with Crippen LogP contribution in [-0.2, 0) is 6.42 Å². The molecule has 0 saturated heterocycles. The first kappa shape index (κ1) is 9.90. The van der Waals surface area contributed by atoms with Gasteiger partial charge in [0.05, 0.1) is 5.69 Å². The third-order valence-corrected chi connectivity index (χ3v) is 3.60. The fourth-order valence-electron chi connectivity index (χ4n) is 2.11. The molecule has 1 aromatic heterocycles. The van der Waals surface area contributed by atoms with Gasteiger partial charge in [-0.25, -0.2) is 0 Å². The predicted octanol–water partition coefficient (Wildman–Crippen LogP) is 3.20. The summed E-state index contributed by atoms with van der Waals surface area (Å²) in [6.07, 6.45) is 2.26. The molecule has 3 rings (SSSR count). The van der Waals surface area contributed by atoms with Gasteiger partial charge in [-0.15, -0.1) is 0 Å². The van der Waals surface area contributed by atoms with Crippen molar-refractivity contribution >= 4 is 21.7 Å². The highest BCUT2D eigenvalue weighted by Gasteiger charge is 2.18. The first-order valence-corrected chi connectivity index (χ1v) is 6.21. The molecule has 82 valence electrons. The van der Waals surface area contributed by atoms with E-state index in [1.54, 1.807) is 0 Å². The second-order valence-corrected chi connectivity index (χ2v) is 4.79. The number of nitrogens with zero attached hydrogens (tertiary/aromatic N) is 1. The Hall–Kier alpha value is -1.29. The zero-order chi connectivity index (χ0) is 11.0. The fraction of sp³-hybridized carbons (Fsp3) is 0.250. The van der Waals surface area contributed by atoms with Crippen molar-refractivity contribution in [3.8, 4) is 11.3 Å². The topological polar surface area (TPSA) is 40.7 Å². The zero-order valence-corrected chi connectivity index (χ0v) is 10.3. The van der Waals surface area contributed by atoms with Crippen LogP contribution >= 0.6 is 15.9 Å². The van der Waals surface area contributed by atoms with Crippen molar-refractivity contribution in [1.29, 1.82) is 0 Å². The van der Waals surface area contributed by atoms with Crippen LogP contribution in [0.4, 0.5) is 5.82 Å². The number of halogens is 1. The molecule has 1 aromatic carbocycles. The average molecular weight is 278 g/mol. The van der Waals surface area contributed by atoms with Crippen molar-refractivity contribution in [3.63, 3.8) is 0 Å². The number of aromatic amines is 1.